The van der Waals surface area contributed by atoms with Crippen molar-refractivity contribution in [3.8, 4) is 17.5 Å². The van der Waals surface area contributed by atoms with Crippen molar-refractivity contribution >= 4 is 64.8 Å². The van der Waals surface area contributed by atoms with Crippen molar-refractivity contribution in [2.75, 3.05) is 0 Å². The zero-order valence-corrected chi connectivity index (χ0v) is 19.2. The molecule has 0 saturated carbocycles. The second kappa shape index (κ2) is 9.22. The molecule has 15 heteroatoms. The van der Waals surface area contributed by atoms with Crippen LogP contribution in [0.15, 0.2) is 35.2 Å². The van der Waals surface area contributed by atoms with Gasteiger partial charge in [-0.2, -0.15) is 31.6 Å². The van der Waals surface area contributed by atoms with Gasteiger partial charge < -0.3 is 5.11 Å². The summed E-state index contributed by atoms with van der Waals surface area (Å²) >= 11 is 17.2. The molecule has 0 unspecified atom stereocenters. The number of nitrogens with zero attached hydrogens (tertiary/aromatic N) is 4. The Morgan fingerprint density at radius 1 is 1.03 bits per heavy atom. The Morgan fingerprint density at radius 3 is 2.09 bits per heavy atom. The first-order chi connectivity index (χ1) is 15.6. The fourth-order valence-corrected chi connectivity index (χ4v) is 4.31. The van der Waals surface area contributed by atoms with Crippen LogP contribution in [0.2, 0.25) is 15.1 Å². The summed E-state index contributed by atoms with van der Waals surface area (Å²) in [6, 6.07) is 6.08. The molecule has 0 atom stereocenters. The summed E-state index contributed by atoms with van der Waals surface area (Å²) in [4.78, 5) is -0.721. The summed E-state index contributed by atoms with van der Waals surface area (Å²) in [5.74, 6) is -0.826. The molecule has 0 spiro atoms. The van der Waals surface area contributed by atoms with E-state index in [1.165, 1.54) is 12.1 Å². The predicted octanol–water partition coefficient (Wildman–Crippen LogP) is 7.58. The van der Waals surface area contributed by atoms with Crippen LogP contribution < -0.4 is 4.58 Å². The van der Waals surface area contributed by atoms with Crippen LogP contribution in [0.4, 0.5) is 37.8 Å². The van der Waals surface area contributed by atoms with Gasteiger partial charge in [-0.1, -0.05) is 44.6 Å². The Labute approximate surface area is 206 Å². The van der Waals surface area contributed by atoms with Crippen molar-refractivity contribution in [1.29, 1.82) is 5.26 Å². The lowest BCUT2D eigenvalue weighted by molar-refractivity contribution is -0.137. The zero-order valence-electron chi connectivity index (χ0n) is 16.1. The molecule has 0 bridgehead atoms. The summed E-state index contributed by atoms with van der Waals surface area (Å²) in [5, 5.41) is 21.5. The van der Waals surface area contributed by atoms with E-state index in [4.69, 9.17) is 34.8 Å². The number of aromatic nitrogens is 2. The van der Waals surface area contributed by atoms with Crippen LogP contribution in [0, 0.1) is 11.3 Å². The second-order valence-electron chi connectivity index (χ2n) is 6.42. The first-order valence-electron chi connectivity index (χ1n) is 8.58. The summed E-state index contributed by atoms with van der Waals surface area (Å²) in [6.45, 7) is 3.67. The van der Waals surface area contributed by atoms with Gasteiger partial charge in [0.15, 0.2) is 5.69 Å². The molecule has 5 nitrogen and oxygen atoms in total. The van der Waals surface area contributed by atoms with Crippen molar-refractivity contribution in [3.05, 3.63) is 56.7 Å². The highest BCUT2D eigenvalue weighted by Gasteiger charge is 2.41. The van der Waals surface area contributed by atoms with E-state index >= 15 is 0 Å². The highest BCUT2D eigenvalue weighted by molar-refractivity contribution is 8.00. The van der Waals surface area contributed by atoms with E-state index in [1.807, 2.05) is 0 Å². The van der Waals surface area contributed by atoms with Crippen molar-refractivity contribution in [2.24, 2.45) is 0 Å². The largest absolute Gasteiger partial charge is 0.506 e. The smallest absolute Gasteiger partial charge is 0.446 e. The van der Waals surface area contributed by atoms with Crippen LogP contribution in [-0.2, 0) is 6.18 Å². The third-order valence-electron chi connectivity index (χ3n) is 4.20. The van der Waals surface area contributed by atoms with Gasteiger partial charge in [-0.05, 0) is 36.0 Å². The average Bonchev–Trinajstić information content (AvgIpc) is 3.04. The van der Waals surface area contributed by atoms with E-state index in [2.05, 4.69) is 11.8 Å². The van der Waals surface area contributed by atoms with Gasteiger partial charge in [-0.25, -0.2) is 4.58 Å². The molecule has 0 radical (unpaired) electrons. The van der Waals surface area contributed by atoms with Crippen molar-refractivity contribution in [2.45, 2.75) is 16.6 Å². The van der Waals surface area contributed by atoms with Gasteiger partial charge in [-0.3, -0.25) is 0 Å². The monoisotopic (exact) mass is 559 g/mol. The number of benzene rings is 2. The maximum atomic E-state index is 13.3. The molecule has 0 saturated heterocycles. The molecule has 3 aromatic rings. The molecule has 0 aliphatic heterocycles. The number of phenolic OH excluding ortho intramolecular Hbond substituents is 1. The van der Waals surface area contributed by atoms with Crippen molar-refractivity contribution in [1.82, 2.24) is 14.4 Å². The van der Waals surface area contributed by atoms with Crippen LogP contribution in [0.5, 0.6) is 5.75 Å². The Morgan fingerprint density at radius 2 is 1.62 bits per heavy atom. The van der Waals surface area contributed by atoms with Gasteiger partial charge in [-0.15, -0.1) is 0 Å². The predicted molar refractivity (Wildman–Crippen MR) is 117 cm³/mol. The molecule has 1 heterocycles. The van der Waals surface area contributed by atoms with E-state index < -0.39 is 61.1 Å². The van der Waals surface area contributed by atoms with Gasteiger partial charge in [0.1, 0.15) is 22.4 Å². The molecule has 1 N–H and O–H groups in total. The number of nitriles is 1. The van der Waals surface area contributed by atoms with E-state index in [1.54, 1.807) is 0 Å². The average molecular weight is 561 g/mol. The summed E-state index contributed by atoms with van der Waals surface area (Å²) in [6.07, 6.45) is -4.81. The third kappa shape index (κ3) is 5.22. The number of phenols is 1. The maximum absolute atomic E-state index is 13.3. The second-order valence-corrected chi connectivity index (χ2v) is 8.72. The van der Waals surface area contributed by atoms with Crippen molar-refractivity contribution in [3.63, 3.8) is 0 Å². The molecule has 34 heavy (non-hydrogen) atoms. The summed E-state index contributed by atoms with van der Waals surface area (Å²) < 4.78 is 80.9. The van der Waals surface area contributed by atoms with Crippen LogP contribution in [0.3, 0.4) is 0 Å². The van der Waals surface area contributed by atoms with E-state index in [0.29, 0.717) is 16.8 Å². The number of aromatic hydroxyl groups is 1. The highest BCUT2D eigenvalue weighted by Crippen LogP contribution is 2.47. The topological polar surface area (TPSA) is 64.8 Å². The van der Waals surface area contributed by atoms with Gasteiger partial charge in [0.2, 0.25) is 5.69 Å². The van der Waals surface area contributed by atoms with E-state index in [-0.39, 0.29) is 16.5 Å². The summed E-state index contributed by atoms with van der Waals surface area (Å²) in [7, 11) is 0. The Bertz CT molecular complexity index is 1320. The van der Waals surface area contributed by atoms with Gasteiger partial charge in [0.05, 0.1) is 27.3 Å². The molecule has 0 aliphatic carbocycles. The number of rotatable bonds is 4. The number of hydrogen-bond donors (Lipinski definition) is 1. The number of halogens is 9. The minimum atomic E-state index is -4.88. The fraction of sp³-hybridized carbons (Fsp3) is 0.105. The zero-order chi connectivity index (χ0) is 25.6. The quantitative estimate of drug-likeness (QED) is 0.155. The van der Waals surface area contributed by atoms with Gasteiger partial charge >= 0.3 is 17.5 Å². The minimum Gasteiger partial charge on any atom is -0.506 e. The van der Waals surface area contributed by atoms with Crippen LogP contribution >= 0.6 is 46.6 Å². The first-order valence-corrected chi connectivity index (χ1v) is 10.5. The molecule has 0 amide bonds. The summed E-state index contributed by atoms with van der Waals surface area (Å²) in [5.41, 5.74) is -7.19. The lowest BCUT2D eigenvalue weighted by Gasteiger charge is -2.12. The number of thioether (sulfide) groups is 1. The molecule has 0 fully saturated rings. The highest BCUT2D eigenvalue weighted by atomic mass is 35.5. The maximum Gasteiger partial charge on any atom is 0.446 e. The molecule has 3 rings (SSSR count). The number of hydrogen-bond acceptors (Lipinski definition) is 4. The Hall–Kier alpha value is -2.59. The minimum absolute atomic E-state index is 0.0385. The molecule has 178 valence electrons. The first kappa shape index (κ1) is 26.0. The molecular weight excluding hydrogens is 553 g/mol. The molecule has 1 aromatic heterocycles. The Balaban J connectivity index is 2.36. The van der Waals surface area contributed by atoms with Crippen LogP contribution in [0.1, 0.15) is 11.3 Å². The normalized spacial score (nSPS) is 12.0. The van der Waals surface area contributed by atoms with Crippen LogP contribution in [-0.4, -0.2) is 27.1 Å². The SMILES string of the molecule is C=[N+](c1ccc(O)c(Cl)c1)c1c(SC(F)(F)F)c(C#N)nn1-c1c(Cl)cc(C(F)(F)F)cc1Cl. The van der Waals surface area contributed by atoms with Crippen molar-refractivity contribution < 1.29 is 31.4 Å². The Kier molecular flexibility index (Phi) is 7.06. The molecule has 0 aliphatic rings. The third-order valence-corrected chi connectivity index (χ3v) is 5.89. The van der Waals surface area contributed by atoms with Gasteiger partial charge in [0, 0.05) is 6.07 Å². The lowest BCUT2D eigenvalue weighted by Crippen LogP contribution is -2.12. The number of alkyl halides is 6. The molecular formula is C19H8Cl3F6N4OS+. The van der Waals surface area contributed by atoms with E-state index in [9.17, 15) is 36.7 Å². The molecule has 2 aromatic carbocycles. The standard InChI is InChI=1S/C19H7Cl3F6N4OS/c1-31(9-2-3-14(33)10(20)6-9)17-16(34-19(26,27)28)13(7-29)30-32(17)15-11(21)4-8(5-12(15)22)18(23,24)25/h2-6H,1H2/p+1. The van der Waals surface area contributed by atoms with Gasteiger partial charge in [0.25, 0.3) is 0 Å². The van der Waals surface area contributed by atoms with E-state index in [0.717, 1.165) is 16.7 Å². The fourth-order valence-electron chi connectivity index (χ4n) is 2.79. The van der Waals surface area contributed by atoms with Crippen LogP contribution in [0.25, 0.3) is 5.69 Å². The lowest BCUT2D eigenvalue weighted by atomic mass is 10.2.